The molecule has 2 rings (SSSR count). The lowest BCUT2D eigenvalue weighted by atomic mass is 10.2. The minimum atomic E-state index is -0.247. The maximum Gasteiger partial charge on any atom is 0.258 e. The molecule has 1 N–H and O–H groups in total. The monoisotopic (exact) mass is 287 g/mol. The second-order valence-electron chi connectivity index (χ2n) is 4.03. The molecule has 102 valence electrons. The number of aryl methyl sites for hydroxylation is 1. The lowest BCUT2D eigenvalue weighted by Crippen LogP contribution is -2.28. The molecule has 0 aliphatic heterocycles. The molecule has 1 aromatic carbocycles. The fraction of sp³-hybridized carbons (Fsp3) is 0.214. The van der Waals surface area contributed by atoms with E-state index in [0.29, 0.717) is 17.9 Å². The SMILES string of the molecule is Cc1nc(CNC(=O)COc2ccccc2C#N)cs1. The minimum Gasteiger partial charge on any atom is -0.482 e. The zero-order chi connectivity index (χ0) is 14.4. The van der Waals surface area contributed by atoms with Gasteiger partial charge < -0.3 is 10.1 Å². The van der Waals surface area contributed by atoms with Crippen LogP contribution in [0, 0.1) is 18.3 Å². The van der Waals surface area contributed by atoms with Gasteiger partial charge in [-0.15, -0.1) is 11.3 Å². The van der Waals surface area contributed by atoms with Crippen molar-refractivity contribution in [1.82, 2.24) is 10.3 Å². The number of rotatable bonds is 5. The maximum atomic E-state index is 11.7. The Morgan fingerprint density at radius 3 is 3.00 bits per heavy atom. The number of carbonyl (C=O) groups excluding carboxylic acids is 1. The van der Waals surface area contributed by atoms with Gasteiger partial charge in [0.25, 0.3) is 5.91 Å². The van der Waals surface area contributed by atoms with Crippen LogP contribution in [0.1, 0.15) is 16.3 Å². The van der Waals surface area contributed by atoms with Crippen LogP contribution >= 0.6 is 11.3 Å². The van der Waals surface area contributed by atoms with E-state index >= 15 is 0 Å². The largest absolute Gasteiger partial charge is 0.482 e. The van der Waals surface area contributed by atoms with Crippen molar-refractivity contribution in [2.24, 2.45) is 0 Å². The number of amides is 1. The summed E-state index contributed by atoms with van der Waals surface area (Å²) in [6.07, 6.45) is 0. The van der Waals surface area contributed by atoms with Gasteiger partial charge in [0, 0.05) is 5.38 Å². The summed E-state index contributed by atoms with van der Waals surface area (Å²) in [4.78, 5) is 15.9. The number of nitrogens with zero attached hydrogens (tertiary/aromatic N) is 2. The lowest BCUT2D eigenvalue weighted by molar-refractivity contribution is -0.123. The van der Waals surface area contributed by atoms with Crippen LogP contribution in [0.5, 0.6) is 5.75 Å². The average Bonchev–Trinajstić information content (AvgIpc) is 2.89. The van der Waals surface area contributed by atoms with E-state index in [0.717, 1.165) is 10.7 Å². The Kier molecular flexibility index (Phi) is 4.69. The fourth-order valence-electron chi connectivity index (χ4n) is 1.56. The summed E-state index contributed by atoms with van der Waals surface area (Å²) >= 11 is 1.54. The van der Waals surface area contributed by atoms with Gasteiger partial charge in [0.15, 0.2) is 6.61 Å². The van der Waals surface area contributed by atoms with Gasteiger partial charge in [-0.3, -0.25) is 4.79 Å². The van der Waals surface area contributed by atoms with Crippen LogP contribution in [-0.2, 0) is 11.3 Å². The van der Waals surface area contributed by atoms with Crippen LogP contribution in [0.25, 0.3) is 0 Å². The summed E-state index contributed by atoms with van der Waals surface area (Å²) in [7, 11) is 0. The van der Waals surface area contributed by atoms with E-state index in [1.807, 2.05) is 18.4 Å². The Bertz CT molecular complexity index is 646. The second kappa shape index (κ2) is 6.68. The summed E-state index contributed by atoms with van der Waals surface area (Å²) in [5.74, 6) is 0.165. The van der Waals surface area contributed by atoms with Gasteiger partial charge in [-0.2, -0.15) is 5.26 Å². The standard InChI is InChI=1S/C14H13N3O2S/c1-10-17-12(9-20-10)7-16-14(18)8-19-13-5-3-2-4-11(13)6-15/h2-5,9H,7-8H2,1H3,(H,16,18). The molecule has 0 bridgehead atoms. The van der Waals surface area contributed by atoms with E-state index in [1.54, 1.807) is 35.6 Å². The first-order valence-corrected chi connectivity index (χ1v) is 6.86. The molecule has 1 aromatic heterocycles. The third-order valence-electron chi connectivity index (χ3n) is 2.50. The van der Waals surface area contributed by atoms with Gasteiger partial charge in [0.05, 0.1) is 22.8 Å². The normalized spacial score (nSPS) is 9.80. The summed E-state index contributed by atoms with van der Waals surface area (Å²) in [6.45, 7) is 2.17. The summed E-state index contributed by atoms with van der Waals surface area (Å²) in [5.41, 5.74) is 1.24. The lowest BCUT2D eigenvalue weighted by Gasteiger charge is -2.07. The Balaban J connectivity index is 1.82. The second-order valence-corrected chi connectivity index (χ2v) is 5.09. The molecule has 0 aliphatic rings. The fourth-order valence-corrected chi connectivity index (χ4v) is 2.17. The third kappa shape index (κ3) is 3.80. The van der Waals surface area contributed by atoms with Crippen LogP contribution in [0.2, 0.25) is 0 Å². The highest BCUT2D eigenvalue weighted by molar-refractivity contribution is 7.09. The van der Waals surface area contributed by atoms with Gasteiger partial charge in [-0.05, 0) is 19.1 Å². The molecule has 0 atom stereocenters. The number of benzene rings is 1. The molecule has 1 heterocycles. The molecule has 20 heavy (non-hydrogen) atoms. The molecular formula is C14H13N3O2S. The zero-order valence-electron chi connectivity index (χ0n) is 10.9. The highest BCUT2D eigenvalue weighted by Crippen LogP contribution is 2.16. The van der Waals surface area contributed by atoms with E-state index in [-0.39, 0.29) is 12.5 Å². The number of nitriles is 1. The molecule has 0 aliphatic carbocycles. The quantitative estimate of drug-likeness (QED) is 0.913. The first kappa shape index (κ1) is 14.0. The van der Waals surface area contributed by atoms with Crippen LogP contribution in [0.15, 0.2) is 29.6 Å². The van der Waals surface area contributed by atoms with Crippen molar-refractivity contribution in [2.75, 3.05) is 6.61 Å². The van der Waals surface area contributed by atoms with Crippen molar-refractivity contribution in [3.8, 4) is 11.8 Å². The van der Waals surface area contributed by atoms with Crippen LogP contribution in [0.4, 0.5) is 0 Å². The predicted octanol–water partition coefficient (Wildman–Crippen LogP) is 2.02. The van der Waals surface area contributed by atoms with Crippen molar-refractivity contribution >= 4 is 17.2 Å². The maximum absolute atomic E-state index is 11.7. The van der Waals surface area contributed by atoms with Crippen LogP contribution in [-0.4, -0.2) is 17.5 Å². The molecule has 6 heteroatoms. The number of hydrogen-bond donors (Lipinski definition) is 1. The van der Waals surface area contributed by atoms with E-state index < -0.39 is 0 Å². The highest BCUT2D eigenvalue weighted by Gasteiger charge is 2.07. The van der Waals surface area contributed by atoms with Crippen molar-refractivity contribution in [3.63, 3.8) is 0 Å². The molecule has 0 unspecified atom stereocenters. The van der Waals surface area contributed by atoms with Crippen LogP contribution in [0.3, 0.4) is 0 Å². The number of para-hydroxylation sites is 1. The number of aromatic nitrogens is 1. The predicted molar refractivity (Wildman–Crippen MR) is 75.3 cm³/mol. The van der Waals surface area contributed by atoms with Gasteiger partial charge in [0.1, 0.15) is 11.8 Å². The number of hydrogen-bond acceptors (Lipinski definition) is 5. The number of nitrogens with one attached hydrogen (secondary N) is 1. The van der Waals surface area contributed by atoms with Crippen molar-refractivity contribution in [2.45, 2.75) is 13.5 Å². The van der Waals surface area contributed by atoms with Gasteiger partial charge in [-0.1, -0.05) is 12.1 Å². The molecular weight excluding hydrogens is 274 g/mol. The van der Waals surface area contributed by atoms with Gasteiger partial charge in [0.2, 0.25) is 0 Å². The summed E-state index contributed by atoms with van der Waals surface area (Å²) < 4.78 is 5.33. The van der Waals surface area contributed by atoms with Crippen LogP contribution < -0.4 is 10.1 Å². The first-order chi connectivity index (χ1) is 9.69. The Morgan fingerprint density at radius 1 is 1.50 bits per heavy atom. The van der Waals surface area contributed by atoms with E-state index in [4.69, 9.17) is 10.00 Å². The van der Waals surface area contributed by atoms with Gasteiger partial charge >= 0.3 is 0 Å². The first-order valence-electron chi connectivity index (χ1n) is 5.98. The minimum absolute atomic E-state index is 0.123. The Hall–Kier alpha value is -2.39. The molecule has 0 fully saturated rings. The molecule has 0 radical (unpaired) electrons. The summed E-state index contributed by atoms with van der Waals surface area (Å²) in [6, 6.07) is 8.82. The Labute approximate surface area is 120 Å². The van der Waals surface area contributed by atoms with Gasteiger partial charge in [-0.25, -0.2) is 4.98 Å². The summed E-state index contributed by atoms with van der Waals surface area (Å²) in [5, 5.41) is 14.5. The number of thiazole rings is 1. The number of carbonyl (C=O) groups is 1. The number of ether oxygens (including phenoxy) is 1. The molecule has 1 amide bonds. The smallest absolute Gasteiger partial charge is 0.258 e. The van der Waals surface area contributed by atoms with E-state index in [9.17, 15) is 4.79 Å². The molecule has 2 aromatic rings. The third-order valence-corrected chi connectivity index (χ3v) is 3.32. The van der Waals surface area contributed by atoms with E-state index in [2.05, 4.69) is 10.3 Å². The molecule has 0 spiro atoms. The Morgan fingerprint density at radius 2 is 2.30 bits per heavy atom. The highest BCUT2D eigenvalue weighted by atomic mass is 32.1. The molecule has 5 nitrogen and oxygen atoms in total. The van der Waals surface area contributed by atoms with E-state index in [1.165, 1.54) is 0 Å². The van der Waals surface area contributed by atoms with Crippen molar-refractivity contribution < 1.29 is 9.53 Å². The molecule has 0 saturated heterocycles. The average molecular weight is 287 g/mol. The van der Waals surface area contributed by atoms with Crippen molar-refractivity contribution in [3.05, 3.63) is 45.9 Å². The topological polar surface area (TPSA) is 75.0 Å². The molecule has 0 saturated carbocycles. The van der Waals surface area contributed by atoms with Crippen molar-refractivity contribution in [1.29, 1.82) is 5.26 Å². The zero-order valence-corrected chi connectivity index (χ0v) is 11.7.